The molecule has 6 atom stereocenters. The third kappa shape index (κ3) is 10.3. The van der Waals surface area contributed by atoms with Gasteiger partial charge in [0.1, 0.15) is 0 Å². The van der Waals surface area contributed by atoms with Crippen molar-refractivity contribution in [2.24, 2.45) is 35.5 Å². The van der Waals surface area contributed by atoms with Crippen LogP contribution in [-0.4, -0.2) is 77.4 Å². The van der Waals surface area contributed by atoms with Gasteiger partial charge in [0.2, 0.25) is 0 Å². The Morgan fingerprint density at radius 1 is 0.577 bits per heavy atom. The van der Waals surface area contributed by atoms with Crippen LogP contribution in [0.3, 0.4) is 0 Å². The molecule has 3 aliphatic heterocycles. The first-order valence-electron chi connectivity index (χ1n) is 19.8. The van der Waals surface area contributed by atoms with E-state index in [0.717, 1.165) is 66.7 Å². The molecule has 3 saturated heterocycles. The lowest BCUT2D eigenvalue weighted by atomic mass is 9.85. The molecular weight excluding hydrogens is 656 g/mol. The summed E-state index contributed by atoms with van der Waals surface area (Å²) in [5.41, 5.74) is 4.65. The van der Waals surface area contributed by atoms with Gasteiger partial charge < -0.3 is 31.3 Å². The molecule has 6 rings (SSSR count). The number of carboxylic acids is 3. The highest BCUT2D eigenvalue weighted by molar-refractivity contribution is 5.72. The lowest BCUT2D eigenvalue weighted by molar-refractivity contribution is -0.144. The number of nitrogens with zero attached hydrogens (tertiary/aromatic N) is 1. The van der Waals surface area contributed by atoms with Gasteiger partial charge in [0, 0.05) is 22.3 Å². The molecule has 0 aliphatic carbocycles. The summed E-state index contributed by atoms with van der Waals surface area (Å²) >= 11 is 0. The van der Waals surface area contributed by atoms with Gasteiger partial charge in [-0.05, 0) is 129 Å². The summed E-state index contributed by atoms with van der Waals surface area (Å²) in [6.07, 6.45) is 3.50. The van der Waals surface area contributed by atoms with Crippen molar-refractivity contribution in [1.82, 2.24) is 20.9 Å². The van der Waals surface area contributed by atoms with Gasteiger partial charge in [0.25, 0.3) is 0 Å². The van der Waals surface area contributed by atoms with Crippen LogP contribution >= 0.6 is 0 Å². The number of rotatable bonds is 18. The summed E-state index contributed by atoms with van der Waals surface area (Å²) in [4.78, 5) is 38.7. The molecule has 3 aromatic rings. The Labute approximate surface area is 309 Å². The van der Waals surface area contributed by atoms with Crippen molar-refractivity contribution in [3.8, 4) is 0 Å². The van der Waals surface area contributed by atoms with E-state index in [1.54, 1.807) is 23.1 Å². The molecule has 10 heteroatoms. The molecule has 0 aromatic heterocycles. The van der Waals surface area contributed by atoms with Gasteiger partial charge in [-0.15, -0.1) is 0 Å². The van der Waals surface area contributed by atoms with Crippen LogP contribution in [0, 0.1) is 35.5 Å². The molecule has 0 saturated carbocycles. The Bertz CT molecular complexity index is 1670. The number of nitrogens with one attached hydrogen (secondary N) is 3. The second-order valence-electron chi connectivity index (χ2n) is 15.0. The Morgan fingerprint density at radius 2 is 0.904 bits per heavy atom. The lowest BCUT2D eigenvalue weighted by Gasteiger charge is -2.25. The minimum Gasteiger partial charge on any atom is -0.481 e. The third-order valence-corrected chi connectivity index (χ3v) is 11.3. The summed E-state index contributed by atoms with van der Waals surface area (Å²) in [5, 5.41) is 40.1. The SMILES string of the molecule is [2H]C([2H])(c1cccc(CC(C(=O)O)C2CCNC2)c1)N(Cc1cccc(CC(C(=O)O)C2CCNC2)c1)Cc1cccc(CC(C(=O)O)C2CCNC2)c1. The summed E-state index contributed by atoms with van der Waals surface area (Å²) < 4.78 is 19.2. The topological polar surface area (TPSA) is 151 Å². The van der Waals surface area contributed by atoms with Gasteiger partial charge in [-0.25, -0.2) is 0 Å². The van der Waals surface area contributed by atoms with E-state index in [2.05, 4.69) is 16.0 Å². The average Bonchev–Trinajstić information content (AvgIpc) is 3.97. The largest absolute Gasteiger partial charge is 0.481 e. The highest BCUT2D eigenvalue weighted by atomic mass is 16.4. The number of hydrogen-bond donors (Lipinski definition) is 6. The van der Waals surface area contributed by atoms with E-state index in [1.807, 2.05) is 54.6 Å². The molecule has 0 radical (unpaired) electrons. The Hall–Kier alpha value is -4.09. The molecule has 0 bridgehead atoms. The van der Waals surface area contributed by atoms with Crippen molar-refractivity contribution in [1.29, 1.82) is 0 Å². The minimum absolute atomic E-state index is 0.00952. The van der Waals surface area contributed by atoms with E-state index >= 15 is 0 Å². The van der Waals surface area contributed by atoms with Crippen LogP contribution in [0.25, 0.3) is 0 Å². The van der Waals surface area contributed by atoms with Gasteiger partial charge in [0.05, 0.1) is 17.8 Å². The number of hydrogen-bond acceptors (Lipinski definition) is 7. The Balaban J connectivity index is 1.28. The first kappa shape index (κ1) is 35.0. The monoisotopic (exact) mass is 712 g/mol. The lowest BCUT2D eigenvalue weighted by Crippen LogP contribution is -2.28. The fraction of sp³-hybridized carbons (Fsp3) is 0.500. The summed E-state index contributed by atoms with van der Waals surface area (Å²) in [5.74, 6) is -3.98. The molecule has 10 nitrogen and oxygen atoms in total. The zero-order valence-electron chi connectivity index (χ0n) is 31.8. The molecular formula is C42H54N4O6. The van der Waals surface area contributed by atoms with Gasteiger partial charge in [0.15, 0.2) is 0 Å². The fourth-order valence-electron chi connectivity index (χ4n) is 8.43. The Kier molecular flexibility index (Phi) is 12.2. The normalized spacial score (nSPS) is 22.8. The number of carbonyl (C=O) groups is 3. The smallest absolute Gasteiger partial charge is 0.307 e. The van der Waals surface area contributed by atoms with Crippen molar-refractivity contribution >= 4 is 17.9 Å². The highest BCUT2D eigenvalue weighted by Gasteiger charge is 2.33. The molecule has 3 aliphatic rings. The van der Waals surface area contributed by atoms with Crippen LogP contribution in [-0.2, 0) is 53.2 Å². The molecule has 6 N–H and O–H groups in total. The molecule has 0 spiro atoms. The van der Waals surface area contributed by atoms with Crippen LogP contribution in [0.1, 0.15) is 55.4 Å². The van der Waals surface area contributed by atoms with E-state index in [4.69, 9.17) is 0 Å². The molecule has 0 amide bonds. The van der Waals surface area contributed by atoms with E-state index in [9.17, 15) is 32.4 Å². The molecule has 3 heterocycles. The van der Waals surface area contributed by atoms with E-state index in [1.165, 1.54) is 0 Å². The van der Waals surface area contributed by atoms with Crippen LogP contribution in [0.2, 0.25) is 0 Å². The maximum Gasteiger partial charge on any atom is 0.307 e. The summed E-state index contributed by atoms with van der Waals surface area (Å²) in [7, 11) is 0. The number of benzene rings is 3. The van der Waals surface area contributed by atoms with E-state index in [-0.39, 0.29) is 30.8 Å². The maximum atomic E-state index is 12.3. The molecule has 3 fully saturated rings. The number of carboxylic acid groups (broad SMARTS) is 3. The van der Waals surface area contributed by atoms with Crippen LogP contribution < -0.4 is 16.0 Å². The number of aliphatic carboxylic acids is 3. The van der Waals surface area contributed by atoms with Crippen molar-refractivity contribution in [3.05, 3.63) is 106 Å². The zero-order chi connectivity index (χ0) is 38.2. The van der Waals surface area contributed by atoms with E-state index in [0.29, 0.717) is 44.5 Å². The molecule has 52 heavy (non-hydrogen) atoms. The first-order chi connectivity index (χ1) is 26.0. The van der Waals surface area contributed by atoms with Crippen molar-refractivity contribution < 1.29 is 32.4 Å². The maximum absolute atomic E-state index is 12.3. The second-order valence-corrected chi connectivity index (χ2v) is 15.0. The minimum atomic E-state index is -1.99. The van der Waals surface area contributed by atoms with Crippen molar-refractivity contribution in [2.45, 2.75) is 58.1 Å². The molecule has 3 aromatic carbocycles. The van der Waals surface area contributed by atoms with Crippen molar-refractivity contribution in [2.75, 3.05) is 39.3 Å². The van der Waals surface area contributed by atoms with Crippen LogP contribution in [0.5, 0.6) is 0 Å². The van der Waals surface area contributed by atoms with Crippen LogP contribution in [0.15, 0.2) is 72.8 Å². The van der Waals surface area contributed by atoms with Crippen molar-refractivity contribution in [3.63, 3.8) is 0 Å². The average molecular weight is 713 g/mol. The van der Waals surface area contributed by atoms with Gasteiger partial charge in [-0.2, -0.15) is 0 Å². The second kappa shape index (κ2) is 18.1. The standard InChI is InChI=1S/C42H54N4O6/c47-40(48)37(34-10-13-43-22-34)19-28-4-1-7-31(16-28)25-46(26-32-8-2-5-29(17-32)20-38(41(49)50)35-11-14-44-23-35)27-33-9-3-6-30(18-33)21-39(42(51)52)36-12-15-45-24-36/h1-9,16-18,34-39,43-45H,10-15,19-27H2,(H,47,48)(H,49,50)(H,51,52)/i25D2. The van der Waals surface area contributed by atoms with E-state index < -0.39 is 42.2 Å². The quantitative estimate of drug-likeness (QED) is 0.112. The first-order valence-corrected chi connectivity index (χ1v) is 18.8. The van der Waals surface area contributed by atoms with Gasteiger partial charge in [-0.1, -0.05) is 72.8 Å². The highest BCUT2D eigenvalue weighted by Crippen LogP contribution is 2.28. The summed E-state index contributed by atoms with van der Waals surface area (Å²) in [6, 6.07) is 22.7. The molecule has 6 unspecified atom stereocenters. The predicted molar refractivity (Wildman–Crippen MR) is 200 cm³/mol. The zero-order valence-corrected chi connectivity index (χ0v) is 29.8. The van der Waals surface area contributed by atoms with Crippen LogP contribution in [0.4, 0.5) is 0 Å². The molecule has 278 valence electrons. The Morgan fingerprint density at radius 3 is 1.23 bits per heavy atom. The van der Waals surface area contributed by atoms with Gasteiger partial charge >= 0.3 is 17.9 Å². The predicted octanol–water partition coefficient (Wildman–Crippen LogP) is 4.45. The van der Waals surface area contributed by atoms with Gasteiger partial charge in [-0.3, -0.25) is 19.3 Å². The third-order valence-electron chi connectivity index (χ3n) is 11.3. The summed E-state index contributed by atoms with van der Waals surface area (Å²) in [6.45, 7) is 2.86. The fourth-order valence-corrected chi connectivity index (χ4v) is 8.43.